The van der Waals surface area contributed by atoms with E-state index in [1.54, 1.807) is 19.1 Å². The number of nitrogens with one attached hydrogen (secondary N) is 2. The van der Waals surface area contributed by atoms with E-state index in [1.807, 2.05) is 0 Å². The van der Waals surface area contributed by atoms with Crippen molar-refractivity contribution in [1.82, 2.24) is 14.3 Å². The van der Waals surface area contributed by atoms with Crippen LogP contribution in [0.5, 0.6) is 0 Å². The van der Waals surface area contributed by atoms with Crippen molar-refractivity contribution >= 4 is 26.0 Å². The van der Waals surface area contributed by atoms with Gasteiger partial charge in [0, 0.05) is 27.1 Å². The van der Waals surface area contributed by atoms with Gasteiger partial charge in [-0.25, -0.2) is 30.3 Å². The Morgan fingerprint density at radius 3 is 2.03 bits per heavy atom. The van der Waals surface area contributed by atoms with Crippen LogP contribution in [0.25, 0.3) is 0 Å². The van der Waals surface area contributed by atoms with Crippen LogP contribution in [0, 0.1) is 5.82 Å². The Balaban J connectivity index is 1.89. The van der Waals surface area contributed by atoms with Gasteiger partial charge in [0.25, 0.3) is 0 Å². The summed E-state index contributed by atoms with van der Waals surface area (Å²) < 4.78 is 64.7. The summed E-state index contributed by atoms with van der Waals surface area (Å²) >= 11 is 0. The van der Waals surface area contributed by atoms with E-state index in [9.17, 15) is 26.0 Å². The van der Waals surface area contributed by atoms with Crippen LogP contribution in [0.3, 0.4) is 0 Å². The molecule has 2 aromatic carbocycles. The van der Waals surface area contributed by atoms with Crippen molar-refractivity contribution in [2.75, 3.05) is 20.6 Å². The van der Waals surface area contributed by atoms with Crippen molar-refractivity contribution in [2.45, 2.75) is 29.2 Å². The fourth-order valence-electron chi connectivity index (χ4n) is 2.53. The van der Waals surface area contributed by atoms with E-state index in [0.29, 0.717) is 5.56 Å². The van der Waals surface area contributed by atoms with Crippen LogP contribution < -0.4 is 10.0 Å². The molecule has 164 valence electrons. The average Bonchev–Trinajstić information content (AvgIpc) is 2.68. The second kappa shape index (κ2) is 9.65. The molecule has 0 aromatic heterocycles. The van der Waals surface area contributed by atoms with E-state index in [-0.39, 0.29) is 28.7 Å². The van der Waals surface area contributed by atoms with Crippen molar-refractivity contribution in [3.63, 3.8) is 0 Å². The predicted octanol–water partition coefficient (Wildman–Crippen LogP) is 1.62. The molecule has 0 radical (unpaired) electrons. The van der Waals surface area contributed by atoms with E-state index >= 15 is 0 Å². The lowest BCUT2D eigenvalue weighted by Gasteiger charge is -2.16. The van der Waals surface area contributed by atoms with E-state index in [4.69, 9.17) is 0 Å². The summed E-state index contributed by atoms with van der Waals surface area (Å²) in [7, 11) is -4.49. The van der Waals surface area contributed by atoms with Gasteiger partial charge in [0.15, 0.2) is 0 Å². The van der Waals surface area contributed by atoms with Crippen molar-refractivity contribution in [3.05, 3.63) is 59.9 Å². The molecule has 2 aromatic rings. The van der Waals surface area contributed by atoms with Gasteiger partial charge in [-0.15, -0.1) is 0 Å². The van der Waals surface area contributed by atoms with Crippen molar-refractivity contribution in [3.8, 4) is 0 Å². The molecule has 8 nitrogen and oxygen atoms in total. The number of rotatable bonds is 9. The maximum atomic E-state index is 12.9. The molecule has 1 unspecified atom stereocenters. The Labute approximate surface area is 176 Å². The highest BCUT2D eigenvalue weighted by atomic mass is 32.2. The second-order valence-electron chi connectivity index (χ2n) is 6.75. The van der Waals surface area contributed by atoms with Crippen LogP contribution >= 0.6 is 0 Å². The highest BCUT2D eigenvalue weighted by Gasteiger charge is 2.18. The van der Waals surface area contributed by atoms with Gasteiger partial charge in [-0.2, -0.15) is 0 Å². The number of carbonyl (C=O) groups excluding carboxylic acids is 1. The minimum Gasteiger partial charge on any atom is -0.350 e. The Kier molecular flexibility index (Phi) is 7.70. The van der Waals surface area contributed by atoms with Gasteiger partial charge >= 0.3 is 0 Å². The zero-order chi connectivity index (χ0) is 22.5. The zero-order valence-electron chi connectivity index (χ0n) is 16.8. The van der Waals surface area contributed by atoms with Gasteiger partial charge in [-0.05, 0) is 48.9 Å². The highest BCUT2D eigenvalue weighted by molar-refractivity contribution is 7.89. The Morgan fingerprint density at radius 2 is 1.50 bits per heavy atom. The fraction of sp³-hybridized carbons (Fsp3) is 0.316. The summed E-state index contributed by atoms with van der Waals surface area (Å²) in [6.07, 6.45) is -0.0993. The maximum Gasteiger partial charge on any atom is 0.242 e. The van der Waals surface area contributed by atoms with Gasteiger partial charge < -0.3 is 5.32 Å². The number of benzene rings is 2. The molecule has 1 atom stereocenters. The number of halogens is 1. The largest absolute Gasteiger partial charge is 0.350 e. The van der Waals surface area contributed by atoms with Gasteiger partial charge in [0.05, 0.1) is 15.8 Å². The Morgan fingerprint density at radius 1 is 0.967 bits per heavy atom. The van der Waals surface area contributed by atoms with Crippen LogP contribution in [-0.4, -0.2) is 47.7 Å². The summed E-state index contributed by atoms with van der Waals surface area (Å²) in [5.74, 6) is -0.927. The summed E-state index contributed by atoms with van der Waals surface area (Å²) in [6.45, 7) is 1.61. The van der Waals surface area contributed by atoms with E-state index in [0.717, 1.165) is 28.6 Å². The van der Waals surface area contributed by atoms with Crippen LogP contribution in [0.4, 0.5) is 4.39 Å². The first-order chi connectivity index (χ1) is 13.9. The van der Waals surface area contributed by atoms with Gasteiger partial charge in [0.1, 0.15) is 5.82 Å². The molecule has 0 fully saturated rings. The summed E-state index contributed by atoms with van der Waals surface area (Å²) in [5.41, 5.74) is 0.702. The third-order valence-electron chi connectivity index (χ3n) is 4.30. The first-order valence-electron chi connectivity index (χ1n) is 9.00. The average molecular weight is 458 g/mol. The van der Waals surface area contributed by atoms with Crippen molar-refractivity contribution in [2.24, 2.45) is 0 Å². The molecule has 30 heavy (non-hydrogen) atoms. The Bertz CT molecular complexity index is 1080. The molecule has 2 N–H and O–H groups in total. The standard InChI is InChI=1S/C19H24FN3O5S2/c1-14(15-4-8-18(9-5-15)30(27,28)23(2)3)22-19(24)12-13-21-29(25,26)17-10-6-16(20)7-11-17/h4-11,14,21H,12-13H2,1-3H3,(H,22,24). The first kappa shape index (κ1) is 23.9. The van der Waals surface area contributed by atoms with Crippen LogP contribution in [0.15, 0.2) is 58.3 Å². The summed E-state index contributed by atoms with van der Waals surface area (Å²) in [6, 6.07) is 10.1. The molecule has 2 rings (SSSR count). The van der Waals surface area contributed by atoms with E-state index < -0.39 is 31.9 Å². The maximum absolute atomic E-state index is 12.9. The number of nitrogens with zero attached hydrogens (tertiary/aromatic N) is 1. The third-order valence-corrected chi connectivity index (χ3v) is 7.61. The lowest BCUT2D eigenvalue weighted by Crippen LogP contribution is -2.32. The Hall–Kier alpha value is -2.34. The topological polar surface area (TPSA) is 113 Å². The molecule has 0 heterocycles. The molecule has 0 aliphatic rings. The number of amides is 1. The molecule has 11 heteroatoms. The molecule has 0 aliphatic carbocycles. The molecule has 0 saturated heterocycles. The van der Waals surface area contributed by atoms with Crippen molar-refractivity contribution < 1.29 is 26.0 Å². The number of sulfonamides is 2. The molecule has 1 amide bonds. The fourth-order valence-corrected chi connectivity index (χ4v) is 4.47. The lowest BCUT2D eigenvalue weighted by atomic mass is 10.1. The normalized spacial score (nSPS) is 13.2. The minimum atomic E-state index is -3.84. The zero-order valence-corrected chi connectivity index (χ0v) is 18.4. The quantitative estimate of drug-likeness (QED) is 0.594. The highest BCUT2D eigenvalue weighted by Crippen LogP contribution is 2.18. The van der Waals surface area contributed by atoms with E-state index in [2.05, 4.69) is 10.0 Å². The third kappa shape index (κ3) is 6.08. The molecular weight excluding hydrogens is 433 g/mol. The van der Waals surface area contributed by atoms with Gasteiger partial charge in [-0.1, -0.05) is 12.1 Å². The van der Waals surface area contributed by atoms with Gasteiger partial charge in [0.2, 0.25) is 26.0 Å². The first-order valence-corrected chi connectivity index (χ1v) is 11.9. The smallest absolute Gasteiger partial charge is 0.242 e. The SMILES string of the molecule is CC(NC(=O)CCNS(=O)(=O)c1ccc(F)cc1)c1ccc(S(=O)(=O)N(C)C)cc1. The number of hydrogen-bond donors (Lipinski definition) is 2. The monoisotopic (exact) mass is 457 g/mol. The van der Waals surface area contributed by atoms with Crippen LogP contribution in [0.2, 0.25) is 0 Å². The summed E-state index contributed by atoms with van der Waals surface area (Å²) in [4.78, 5) is 12.2. The molecular formula is C19H24FN3O5S2. The van der Waals surface area contributed by atoms with Crippen LogP contribution in [0.1, 0.15) is 24.9 Å². The van der Waals surface area contributed by atoms with E-state index in [1.165, 1.54) is 26.2 Å². The number of hydrogen-bond acceptors (Lipinski definition) is 5. The molecule has 0 aliphatic heterocycles. The molecule has 0 bridgehead atoms. The lowest BCUT2D eigenvalue weighted by molar-refractivity contribution is -0.121. The summed E-state index contributed by atoms with van der Waals surface area (Å²) in [5, 5.41) is 2.73. The molecule has 0 saturated carbocycles. The van der Waals surface area contributed by atoms with Crippen LogP contribution in [-0.2, 0) is 24.8 Å². The minimum absolute atomic E-state index is 0.0922. The second-order valence-corrected chi connectivity index (χ2v) is 10.7. The van der Waals surface area contributed by atoms with Crippen molar-refractivity contribution in [1.29, 1.82) is 0 Å². The predicted molar refractivity (Wildman–Crippen MR) is 110 cm³/mol. The molecule has 0 spiro atoms. The van der Waals surface area contributed by atoms with Gasteiger partial charge in [-0.3, -0.25) is 4.79 Å². The number of carbonyl (C=O) groups is 1.